The SMILES string of the molecule is OCc1[nH]nc(-c2ccccc2)c1Br. The van der Waals surface area contributed by atoms with Crippen LogP contribution in [0, 0.1) is 0 Å². The zero-order valence-corrected chi connectivity index (χ0v) is 8.95. The van der Waals surface area contributed by atoms with Crippen LogP contribution in [0.3, 0.4) is 0 Å². The van der Waals surface area contributed by atoms with Crippen molar-refractivity contribution in [2.75, 3.05) is 0 Å². The van der Waals surface area contributed by atoms with Crippen molar-refractivity contribution in [3.8, 4) is 11.3 Å². The zero-order valence-electron chi connectivity index (χ0n) is 7.37. The predicted octanol–water partition coefficient (Wildman–Crippen LogP) is 2.33. The van der Waals surface area contributed by atoms with Crippen molar-refractivity contribution in [3.63, 3.8) is 0 Å². The molecule has 1 aromatic carbocycles. The highest BCUT2D eigenvalue weighted by Crippen LogP contribution is 2.28. The molecule has 0 radical (unpaired) electrons. The van der Waals surface area contributed by atoms with Crippen LogP contribution in [0.1, 0.15) is 5.69 Å². The Bertz CT molecular complexity index is 425. The molecule has 0 unspecified atom stereocenters. The summed E-state index contributed by atoms with van der Waals surface area (Å²) in [4.78, 5) is 0. The van der Waals surface area contributed by atoms with E-state index in [1.54, 1.807) is 0 Å². The van der Waals surface area contributed by atoms with E-state index in [0.717, 1.165) is 15.7 Å². The van der Waals surface area contributed by atoms with Crippen molar-refractivity contribution < 1.29 is 5.11 Å². The normalized spacial score (nSPS) is 10.4. The van der Waals surface area contributed by atoms with E-state index < -0.39 is 0 Å². The molecule has 0 aliphatic rings. The predicted molar refractivity (Wildman–Crippen MR) is 57.6 cm³/mol. The van der Waals surface area contributed by atoms with Crippen LogP contribution in [-0.2, 0) is 6.61 Å². The van der Waals surface area contributed by atoms with Crippen LogP contribution in [0.2, 0.25) is 0 Å². The first kappa shape index (κ1) is 9.43. The smallest absolute Gasteiger partial charge is 0.107 e. The molecule has 72 valence electrons. The standard InChI is InChI=1S/C10H9BrN2O/c11-9-8(6-14)12-13-10(9)7-4-2-1-3-5-7/h1-5,14H,6H2,(H,12,13). The Morgan fingerprint density at radius 2 is 2.00 bits per heavy atom. The molecule has 0 amide bonds. The summed E-state index contributed by atoms with van der Waals surface area (Å²) < 4.78 is 0.825. The number of aliphatic hydroxyl groups excluding tert-OH is 1. The molecule has 4 heteroatoms. The summed E-state index contributed by atoms with van der Waals surface area (Å²) in [7, 11) is 0. The molecule has 14 heavy (non-hydrogen) atoms. The molecular weight excluding hydrogens is 244 g/mol. The number of nitrogens with one attached hydrogen (secondary N) is 1. The van der Waals surface area contributed by atoms with Gasteiger partial charge in [0.15, 0.2) is 0 Å². The van der Waals surface area contributed by atoms with Crippen molar-refractivity contribution in [1.82, 2.24) is 10.2 Å². The number of rotatable bonds is 2. The minimum atomic E-state index is -0.0413. The topological polar surface area (TPSA) is 48.9 Å². The minimum Gasteiger partial charge on any atom is -0.390 e. The Balaban J connectivity index is 2.48. The molecule has 0 bridgehead atoms. The lowest BCUT2D eigenvalue weighted by atomic mass is 10.1. The van der Waals surface area contributed by atoms with E-state index in [2.05, 4.69) is 26.1 Å². The van der Waals surface area contributed by atoms with Gasteiger partial charge in [-0.25, -0.2) is 0 Å². The van der Waals surface area contributed by atoms with E-state index >= 15 is 0 Å². The zero-order chi connectivity index (χ0) is 9.97. The molecule has 0 atom stereocenters. The summed E-state index contributed by atoms with van der Waals surface area (Å²) in [5.41, 5.74) is 2.55. The second-order valence-corrected chi connectivity index (χ2v) is 3.68. The van der Waals surface area contributed by atoms with Gasteiger partial charge in [0.2, 0.25) is 0 Å². The molecule has 1 heterocycles. The van der Waals surface area contributed by atoms with Gasteiger partial charge >= 0.3 is 0 Å². The summed E-state index contributed by atoms with van der Waals surface area (Å²) in [6.07, 6.45) is 0. The fourth-order valence-electron chi connectivity index (χ4n) is 1.26. The molecule has 2 rings (SSSR count). The summed E-state index contributed by atoms with van der Waals surface area (Å²) in [6.45, 7) is -0.0413. The Labute approximate surface area is 89.9 Å². The van der Waals surface area contributed by atoms with Crippen LogP contribution in [0.15, 0.2) is 34.8 Å². The first-order chi connectivity index (χ1) is 6.83. The molecule has 0 aliphatic heterocycles. The average molecular weight is 253 g/mol. The highest BCUT2D eigenvalue weighted by molar-refractivity contribution is 9.10. The van der Waals surface area contributed by atoms with Crippen LogP contribution in [0.4, 0.5) is 0 Å². The molecule has 1 aromatic heterocycles. The van der Waals surface area contributed by atoms with Gasteiger partial charge in [0.1, 0.15) is 5.69 Å². The lowest BCUT2D eigenvalue weighted by molar-refractivity contribution is 0.276. The lowest BCUT2D eigenvalue weighted by Crippen LogP contribution is -1.82. The van der Waals surface area contributed by atoms with Crippen molar-refractivity contribution >= 4 is 15.9 Å². The summed E-state index contributed by atoms with van der Waals surface area (Å²) >= 11 is 3.39. The summed E-state index contributed by atoms with van der Waals surface area (Å²) in [5.74, 6) is 0. The molecule has 2 aromatic rings. The third-order valence-corrected chi connectivity index (χ3v) is 2.84. The number of halogens is 1. The maximum atomic E-state index is 8.98. The Morgan fingerprint density at radius 1 is 1.29 bits per heavy atom. The van der Waals surface area contributed by atoms with Crippen molar-refractivity contribution in [2.45, 2.75) is 6.61 Å². The van der Waals surface area contributed by atoms with Crippen molar-refractivity contribution in [2.24, 2.45) is 0 Å². The third-order valence-electron chi connectivity index (χ3n) is 1.98. The highest BCUT2D eigenvalue weighted by Gasteiger charge is 2.10. The number of hydrogen-bond acceptors (Lipinski definition) is 2. The Hall–Kier alpha value is -1.13. The molecule has 0 spiro atoms. The fourth-order valence-corrected chi connectivity index (χ4v) is 1.79. The van der Waals surface area contributed by atoms with Crippen LogP contribution < -0.4 is 0 Å². The van der Waals surface area contributed by atoms with Gasteiger partial charge in [-0.15, -0.1) is 0 Å². The number of aromatic amines is 1. The molecule has 2 N–H and O–H groups in total. The van der Waals surface area contributed by atoms with Gasteiger partial charge in [-0.2, -0.15) is 5.10 Å². The minimum absolute atomic E-state index is 0.0413. The van der Waals surface area contributed by atoms with E-state index in [1.165, 1.54) is 0 Å². The third kappa shape index (κ3) is 1.58. The average Bonchev–Trinajstić information content (AvgIpc) is 2.61. The molecule has 0 fully saturated rings. The maximum absolute atomic E-state index is 8.98. The van der Waals surface area contributed by atoms with Crippen LogP contribution in [-0.4, -0.2) is 15.3 Å². The number of benzene rings is 1. The largest absolute Gasteiger partial charge is 0.390 e. The first-order valence-electron chi connectivity index (χ1n) is 4.22. The molecule has 0 saturated carbocycles. The second-order valence-electron chi connectivity index (χ2n) is 2.89. The van der Waals surface area contributed by atoms with E-state index in [1.807, 2.05) is 30.3 Å². The van der Waals surface area contributed by atoms with Gasteiger partial charge in [-0.1, -0.05) is 30.3 Å². The Kier molecular flexibility index (Phi) is 2.65. The van der Waals surface area contributed by atoms with Gasteiger partial charge in [0.25, 0.3) is 0 Å². The number of hydrogen-bond donors (Lipinski definition) is 2. The number of H-pyrrole nitrogens is 1. The fraction of sp³-hybridized carbons (Fsp3) is 0.100. The van der Waals surface area contributed by atoms with Crippen molar-refractivity contribution in [1.29, 1.82) is 0 Å². The highest BCUT2D eigenvalue weighted by atomic mass is 79.9. The van der Waals surface area contributed by atoms with Gasteiger partial charge in [-0.3, -0.25) is 5.10 Å². The summed E-state index contributed by atoms with van der Waals surface area (Å²) in [5, 5.41) is 15.9. The van der Waals surface area contributed by atoms with Crippen molar-refractivity contribution in [3.05, 3.63) is 40.5 Å². The molecule has 0 saturated heterocycles. The number of aliphatic hydroxyl groups is 1. The number of nitrogens with zero attached hydrogens (tertiary/aromatic N) is 1. The van der Waals surface area contributed by atoms with Gasteiger partial charge in [0, 0.05) is 5.56 Å². The van der Waals surface area contributed by atoms with Crippen LogP contribution >= 0.6 is 15.9 Å². The van der Waals surface area contributed by atoms with Gasteiger partial charge in [-0.05, 0) is 15.9 Å². The number of aromatic nitrogens is 2. The van der Waals surface area contributed by atoms with Crippen LogP contribution in [0.5, 0.6) is 0 Å². The molecule has 3 nitrogen and oxygen atoms in total. The van der Waals surface area contributed by atoms with E-state index in [9.17, 15) is 0 Å². The van der Waals surface area contributed by atoms with E-state index in [4.69, 9.17) is 5.11 Å². The van der Waals surface area contributed by atoms with Gasteiger partial charge < -0.3 is 5.11 Å². The lowest BCUT2D eigenvalue weighted by Gasteiger charge is -1.96. The van der Waals surface area contributed by atoms with Crippen LogP contribution in [0.25, 0.3) is 11.3 Å². The second kappa shape index (κ2) is 3.94. The maximum Gasteiger partial charge on any atom is 0.107 e. The first-order valence-corrected chi connectivity index (χ1v) is 5.01. The van der Waals surface area contributed by atoms with E-state index in [0.29, 0.717) is 5.69 Å². The molecule has 0 aliphatic carbocycles. The van der Waals surface area contributed by atoms with Gasteiger partial charge in [0.05, 0.1) is 16.8 Å². The quantitative estimate of drug-likeness (QED) is 0.862. The molecular formula is C10H9BrN2O. The van der Waals surface area contributed by atoms with E-state index in [-0.39, 0.29) is 6.61 Å². The Morgan fingerprint density at radius 3 is 2.57 bits per heavy atom. The monoisotopic (exact) mass is 252 g/mol. The summed E-state index contributed by atoms with van der Waals surface area (Å²) in [6, 6.07) is 9.81.